The number of H-pyrrole nitrogens is 1. The number of aryl methyl sites for hydroxylation is 2. The maximum Gasteiger partial charge on any atom is 0.124 e. The Labute approximate surface area is 158 Å². The number of benzene rings is 1. The highest BCUT2D eigenvalue weighted by Gasteiger charge is 2.21. The second kappa shape index (κ2) is 6.72. The molecule has 0 unspecified atom stereocenters. The predicted molar refractivity (Wildman–Crippen MR) is 107 cm³/mol. The summed E-state index contributed by atoms with van der Waals surface area (Å²) in [6.07, 6.45) is 7.00. The van der Waals surface area contributed by atoms with Crippen LogP contribution in [0, 0.1) is 13.8 Å². The van der Waals surface area contributed by atoms with Crippen molar-refractivity contribution < 1.29 is 9.13 Å². The first-order valence-electron chi connectivity index (χ1n) is 9.27. The van der Waals surface area contributed by atoms with Crippen LogP contribution in [0.15, 0.2) is 42.4 Å². The van der Waals surface area contributed by atoms with Crippen molar-refractivity contribution >= 4 is 16.6 Å². The number of hydrogen-bond acceptors (Lipinski definition) is 2. The van der Waals surface area contributed by atoms with Crippen molar-refractivity contribution in [1.82, 2.24) is 14.8 Å². The second-order valence-corrected chi connectivity index (χ2v) is 7.11. The van der Waals surface area contributed by atoms with E-state index in [1.807, 2.05) is 43.5 Å². The van der Waals surface area contributed by atoms with Crippen LogP contribution in [-0.4, -0.2) is 21.9 Å². The first-order valence-corrected chi connectivity index (χ1v) is 9.27. The van der Waals surface area contributed by atoms with Gasteiger partial charge in [0.05, 0.1) is 30.4 Å². The van der Waals surface area contributed by atoms with E-state index in [1.165, 1.54) is 0 Å². The standard InChI is InChI=1S/C22H24FN3O/c1-13-14(2)24-12-20-22(13)26(25-20)15(3)18-11-16(9-10-21(18)27-4)17-7-5-6-8-19(17)23/h5,7,9-12,15,25H,6,8H2,1-4H3/t15-/m0/s1. The SMILES string of the molecule is COc1ccc(C2=C(F)CCC=C2)cc1[C@H](C)n1[nH]c2cnc(C)c(C)c21. The molecule has 1 aromatic carbocycles. The largest absolute Gasteiger partial charge is 0.496 e. The summed E-state index contributed by atoms with van der Waals surface area (Å²) in [6, 6.07) is 5.91. The van der Waals surface area contributed by atoms with Crippen molar-refractivity contribution in [1.29, 1.82) is 0 Å². The Morgan fingerprint density at radius 1 is 1.30 bits per heavy atom. The maximum absolute atomic E-state index is 14.3. The molecular weight excluding hydrogens is 341 g/mol. The van der Waals surface area contributed by atoms with E-state index < -0.39 is 0 Å². The number of aromatic amines is 1. The fraction of sp³-hybridized carbons (Fsp3) is 0.318. The Balaban J connectivity index is 1.81. The number of nitrogens with one attached hydrogen (secondary N) is 1. The molecule has 4 rings (SSSR count). The molecular formula is C22H24FN3O. The monoisotopic (exact) mass is 365 g/mol. The fourth-order valence-electron chi connectivity index (χ4n) is 3.76. The van der Waals surface area contributed by atoms with Crippen LogP contribution in [0.3, 0.4) is 0 Å². The molecule has 2 heterocycles. The first-order chi connectivity index (χ1) is 13.0. The van der Waals surface area contributed by atoms with Gasteiger partial charge < -0.3 is 4.74 Å². The lowest BCUT2D eigenvalue weighted by atomic mass is 9.95. The quantitative estimate of drug-likeness (QED) is 0.651. The molecule has 0 fully saturated rings. The number of fused-ring (bicyclic) bond motifs is 1. The normalized spacial score (nSPS) is 15.6. The van der Waals surface area contributed by atoms with Gasteiger partial charge in [0.2, 0.25) is 0 Å². The summed E-state index contributed by atoms with van der Waals surface area (Å²) in [6.45, 7) is 6.22. The lowest BCUT2D eigenvalue weighted by Gasteiger charge is -2.26. The zero-order valence-electron chi connectivity index (χ0n) is 16.1. The lowest BCUT2D eigenvalue weighted by Crippen LogP contribution is -2.19. The average Bonchev–Trinajstić information content (AvgIpc) is 2.65. The summed E-state index contributed by atoms with van der Waals surface area (Å²) in [5.74, 6) is 0.747. The molecule has 3 aromatic rings. The molecule has 0 saturated heterocycles. The molecule has 0 radical (unpaired) electrons. The molecule has 0 saturated carbocycles. The third-order valence-electron chi connectivity index (χ3n) is 5.51. The predicted octanol–water partition coefficient (Wildman–Crippen LogP) is 5.63. The van der Waals surface area contributed by atoms with E-state index >= 15 is 0 Å². The molecule has 0 bridgehead atoms. The highest BCUT2D eigenvalue weighted by atomic mass is 19.1. The van der Waals surface area contributed by atoms with Crippen molar-refractivity contribution in [2.24, 2.45) is 0 Å². The Bertz CT molecular complexity index is 1070. The van der Waals surface area contributed by atoms with Crippen LogP contribution < -0.4 is 4.74 Å². The zero-order valence-corrected chi connectivity index (χ0v) is 16.1. The van der Waals surface area contributed by atoms with Crippen molar-refractivity contribution in [2.75, 3.05) is 7.11 Å². The number of hydrogen-bond donors (Lipinski definition) is 1. The highest BCUT2D eigenvalue weighted by Crippen LogP contribution is 2.36. The van der Waals surface area contributed by atoms with Crippen LogP contribution in [0.2, 0.25) is 0 Å². The van der Waals surface area contributed by atoms with Crippen molar-refractivity contribution in [3.8, 4) is 5.75 Å². The number of pyridine rings is 1. The highest BCUT2D eigenvalue weighted by molar-refractivity contribution is 5.81. The molecule has 0 spiro atoms. The average molecular weight is 365 g/mol. The minimum Gasteiger partial charge on any atom is -0.496 e. The van der Waals surface area contributed by atoms with Crippen LogP contribution >= 0.6 is 0 Å². The number of aromatic nitrogens is 3. The van der Waals surface area contributed by atoms with Crippen LogP contribution in [0.4, 0.5) is 4.39 Å². The van der Waals surface area contributed by atoms with Gasteiger partial charge in [0.25, 0.3) is 0 Å². The van der Waals surface area contributed by atoms with Gasteiger partial charge >= 0.3 is 0 Å². The lowest BCUT2D eigenvalue weighted by molar-refractivity contribution is 0.400. The van der Waals surface area contributed by atoms with Crippen LogP contribution in [0.25, 0.3) is 16.6 Å². The van der Waals surface area contributed by atoms with E-state index in [4.69, 9.17) is 4.74 Å². The number of rotatable bonds is 4. The van der Waals surface area contributed by atoms with Crippen molar-refractivity contribution in [2.45, 2.75) is 39.7 Å². The van der Waals surface area contributed by atoms with Gasteiger partial charge in [-0.15, -0.1) is 0 Å². The first kappa shape index (κ1) is 17.6. The van der Waals surface area contributed by atoms with Gasteiger partial charge in [0, 0.05) is 23.3 Å². The molecule has 1 atom stereocenters. The van der Waals surface area contributed by atoms with Crippen molar-refractivity contribution in [3.05, 3.63) is 64.8 Å². The Morgan fingerprint density at radius 3 is 2.85 bits per heavy atom. The molecule has 27 heavy (non-hydrogen) atoms. The molecule has 1 aliphatic carbocycles. The summed E-state index contributed by atoms with van der Waals surface area (Å²) in [5.41, 5.74) is 6.95. The van der Waals surface area contributed by atoms with Crippen LogP contribution in [0.5, 0.6) is 5.75 Å². The summed E-state index contributed by atoms with van der Waals surface area (Å²) < 4.78 is 22.1. The molecule has 4 nitrogen and oxygen atoms in total. The van der Waals surface area contributed by atoms with Crippen molar-refractivity contribution in [3.63, 3.8) is 0 Å². The molecule has 0 aliphatic heterocycles. The Hall–Kier alpha value is -2.82. The van der Waals surface area contributed by atoms with E-state index in [0.717, 1.165) is 45.6 Å². The molecule has 1 aliphatic rings. The van der Waals surface area contributed by atoms with Gasteiger partial charge in [-0.25, -0.2) is 4.39 Å². The minimum atomic E-state index is -0.0498. The summed E-state index contributed by atoms with van der Waals surface area (Å²) in [5, 5.41) is 3.36. The number of halogens is 1. The van der Waals surface area contributed by atoms with Crippen LogP contribution in [0.1, 0.15) is 48.2 Å². The van der Waals surface area contributed by atoms with Gasteiger partial charge in [0.1, 0.15) is 11.6 Å². The summed E-state index contributed by atoms with van der Waals surface area (Å²) in [4.78, 5) is 4.40. The Morgan fingerprint density at radius 2 is 2.11 bits per heavy atom. The van der Waals surface area contributed by atoms with Gasteiger partial charge in [-0.05, 0) is 50.5 Å². The number of allylic oxidation sites excluding steroid dienone is 4. The fourth-order valence-corrected chi connectivity index (χ4v) is 3.76. The number of methoxy groups -OCH3 is 1. The topological polar surface area (TPSA) is 42.8 Å². The smallest absolute Gasteiger partial charge is 0.124 e. The minimum absolute atomic E-state index is 0.0177. The maximum atomic E-state index is 14.3. The molecule has 2 aromatic heterocycles. The summed E-state index contributed by atoms with van der Waals surface area (Å²) >= 11 is 0. The second-order valence-electron chi connectivity index (χ2n) is 7.11. The third kappa shape index (κ3) is 2.87. The number of nitrogens with zero attached hydrogens (tertiary/aromatic N) is 2. The van der Waals surface area contributed by atoms with E-state index in [0.29, 0.717) is 12.0 Å². The molecule has 5 heteroatoms. The molecule has 0 amide bonds. The number of ether oxygens (including phenoxy) is 1. The molecule has 140 valence electrons. The van der Waals surface area contributed by atoms with Gasteiger partial charge in [-0.2, -0.15) is 0 Å². The van der Waals surface area contributed by atoms with Gasteiger partial charge in [-0.3, -0.25) is 14.8 Å². The zero-order chi connectivity index (χ0) is 19.1. The van der Waals surface area contributed by atoms with E-state index in [9.17, 15) is 4.39 Å². The van der Waals surface area contributed by atoms with Crippen LogP contribution in [-0.2, 0) is 0 Å². The third-order valence-corrected chi connectivity index (χ3v) is 5.51. The Kier molecular flexibility index (Phi) is 4.38. The molecule has 1 N–H and O–H groups in total. The van der Waals surface area contributed by atoms with E-state index in [1.54, 1.807) is 7.11 Å². The van der Waals surface area contributed by atoms with E-state index in [-0.39, 0.29) is 11.9 Å². The van der Waals surface area contributed by atoms with Gasteiger partial charge in [0.15, 0.2) is 0 Å². The summed E-state index contributed by atoms with van der Waals surface area (Å²) in [7, 11) is 1.67. The van der Waals surface area contributed by atoms with E-state index in [2.05, 4.69) is 28.6 Å². The van der Waals surface area contributed by atoms with Gasteiger partial charge in [-0.1, -0.05) is 18.2 Å².